The summed E-state index contributed by atoms with van der Waals surface area (Å²) in [5.41, 5.74) is 3.24. The number of phenols is 1. The van der Waals surface area contributed by atoms with Crippen molar-refractivity contribution in [3.8, 4) is 11.5 Å². The largest absolute Gasteiger partial charge is 0.508 e. The number of anilines is 1. The average Bonchev–Trinajstić information content (AvgIpc) is 2.95. The van der Waals surface area contributed by atoms with Gasteiger partial charge in [-0.2, -0.15) is 0 Å². The van der Waals surface area contributed by atoms with Crippen LogP contribution in [0.3, 0.4) is 0 Å². The first-order valence-corrected chi connectivity index (χ1v) is 13.7. The fraction of sp³-hybridized carbons (Fsp3) is 0.312. The van der Waals surface area contributed by atoms with Gasteiger partial charge in [-0.25, -0.2) is 0 Å². The van der Waals surface area contributed by atoms with E-state index in [0.29, 0.717) is 22.6 Å². The Balaban J connectivity index is 1.53. The zero-order valence-corrected chi connectivity index (χ0v) is 24.0. The van der Waals surface area contributed by atoms with Crippen LogP contribution in [0.1, 0.15) is 42.1 Å². The number of rotatable bonds is 10. The second-order valence-electron chi connectivity index (χ2n) is 10.6. The topological polar surface area (TPSA) is 143 Å². The molecule has 0 aliphatic carbocycles. The number of phenolic OH excluding ortho intramolecular Hbond substituents is 1. The van der Waals surface area contributed by atoms with Crippen molar-refractivity contribution in [2.24, 2.45) is 5.92 Å². The van der Waals surface area contributed by atoms with Crippen LogP contribution in [0.2, 0.25) is 0 Å². The summed E-state index contributed by atoms with van der Waals surface area (Å²) in [6.07, 6.45) is -1.46. The molecule has 10 nitrogen and oxygen atoms in total. The van der Waals surface area contributed by atoms with E-state index in [1.165, 1.54) is 25.3 Å². The van der Waals surface area contributed by atoms with Crippen molar-refractivity contribution < 1.29 is 33.8 Å². The summed E-state index contributed by atoms with van der Waals surface area (Å²) < 4.78 is 10.8. The van der Waals surface area contributed by atoms with Crippen LogP contribution in [0.25, 0.3) is 0 Å². The molecular formula is C32H35N3O7. The number of carbonyl (C=O) groups excluding carboxylic acids is 4. The second-order valence-corrected chi connectivity index (χ2v) is 10.6. The Labute approximate surface area is 244 Å². The normalized spacial score (nSPS) is 16.5. The second kappa shape index (κ2) is 13.2. The lowest BCUT2D eigenvalue weighted by atomic mass is 9.93. The fourth-order valence-corrected chi connectivity index (χ4v) is 4.70. The Hall–Kier alpha value is -4.86. The van der Waals surface area contributed by atoms with E-state index in [0.717, 1.165) is 11.1 Å². The molecule has 0 bridgehead atoms. The Kier molecular flexibility index (Phi) is 9.46. The first-order chi connectivity index (χ1) is 20.0. The van der Waals surface area contributed by atoms with E-state index in [2.05, 4.69) is 16.0 Å². The molecule has 3 aromatic rings. The number of ether oxygens (including phenoxy) is 2. The number of benzene rings is 3. The van der Waals surface area contributed by atoms with Crippen LogP contribution in [0.4, 0.5) is 5.69 Å². The highest BCUT2D eigenvalue weighted by atomic mass is 16.5. The van der Waals surface area contributed by atoms with Gasteiger partial charge in [-0.05, 0) is 54.3 Å². The highest BCUT2D eigenvalue weighted by Gasteiger charge is 2.41. The van der Waals surface area contributed by atoms with Crippen LogP contribution < -0.4 is 20.7 Å². The van der Waals surface area contributed by atoms with E-state index in [9.17, 15) is 24.3 Å². The van der Waals surface area contributed by atoms with Gasteiger partial charge < -0.3 is 30.5 Å². The summed E-state index contributed by atoms with van der Waals surface area (Å²) in [5.74, 6) is -1.99. The van der Waals surface area contributed by atoms with E-state index in [1.54, 1.807) is 38.1 Å². The third-order valence-corrected chi connectivity index (χ3v) is 7.00. The van der Waals surface area contributed by atoms with Crippen molar-refractivity contribution in [2.45, 2.75) is 51.8 Å². The molecule has 0 radical (unpaired) electrons. The minimum Gasteiger partial charge on any atom is -0.508 e. The molecule has 0 fully saturated rings. The standard InChI is InChI=1S/C32H35N3O7/c1-18(2)28(34-26(37)15-20-7-5-19(3)6-8-20)31(39)35-29-24-17-22(36)11-14-25(24)33-32(40)30(29)42-27(38)16-21-9-12-23(41-4)13-10-21/h5-14,17-18,28-30,36H,15-16H2,1-4H3,(H,33,40)(H,34,37)(H,35,39)/t28-,29-,30+/m0/s1. The van der Waals surface area contributed by atoms with Crippen molar-refractivity contribution in [3.63, 3.8) is 0 Å². The van der Waals surface area contributed by atoms with E-state index in [4.69, 9.17) is 9.47 Å². The van der Waals surface area contributed by atoms with Gasteiger partial charge in [0.2, 0.25) is 17.9 Å². The third-order valence-electron chi connectivity index (χ3n) is 7.00. The number of aryl methyl sites for hydroxylation is 1. The summed E-state index contributed by atoms with van der Waals surface area (Å²) >= 11 is 0. The summed E-state index contributed by atoms with van der Waals surface area (Å²) in [7, 11) is 1.54. The quantitative estimate of drug-likeness (QED) is 0.215. The Morgan fingerprint density at radius 1 is 0.952 bits per heavy atom. The van der Waals surface area contributed by atoms with Gasteiger partial charge in [0.05, 0.1) is 20.0 Å². The van der Waals surface area contributed by atoms with Gasteiger partial charge in [0, 0.05) is 11.3 Å². The molecule has 3 amide bonds. The highest BCUT2D eigenvalue weighted by molar-refractivity contribution is 6.00. The molecule has 1 aliphatic heterocycles. The molecule has 0 spiro atoms. The highest BCUT2D eigenvalue weighted by Crippen LogP contribution is 2.35. The van der Waals surface area contributed by atoms with E-state index in [1.807, 2.05) is 31.2 Å². The molecule has 1 heterocycles. The van der Waals surface area contributed by atoms with Gasteiger partial charge in [-0.15, -0.1) is 0 Å². The smallest absolute Gasteiger partial charge is 0.311 e. The van der Waals surface area contributed by atoms with Crippen molar-refractivity contribution in [1.82, 2.24) is 10.6 Å². The lowest BCUT2D eigenvalue weighted by molar-refractivity contribution is -0.156. The third kappa shape index (κ3) is 7.45. The number of hydrogen-bond donors (Lipinski definition) is 4. The number of nitrogens with one attached hydrogen (secondary N) is 3. The molecule has 3 aromatic carbocycles. The van der Waals surface area contributed by atoms with Crippen LogP contribution in [0, 0.1) is 12.8 Å². The molecule has 0 saturated heterocycles. The molecule has 4 N–H and O–H groups in total. The summed E-state index contributed by atoms with van der Waals surface area (Å²) in [4.78, 5) is 52.5. The monoisotopic (exact) mass is 573 g/mol. The van der Waals surface area contributed by atoms with Gasteiger partial charge in [0.25, 0.3) is 5.91 Å². The maximum Gasteiger partial charge on any atom is 0.311 e. The SMILES string of the molecule is COc1ccc(CC(=O)O[C@H]2C(=O)Nc3ccc(O)cc3[C@@H]2NC(=O)[C@@H](NC(=O)Cc2ccc(C)cc2)C(C)C)cc1. The minimum absolute atomic E-state index is 0.0882. The maximum atomic E-state index is 13.6. The Morgan fingerprint density at radius 3 is 2.24 bits per heavy atom. The average molecular weight is 574 g/mol. The molecule has 220 valence electrons. The van der Waals surface area contributed by atoms with Crippen LogP contribution in [0.15, 0.2) is 66.7 Å². The Bertz CT molecular complexity index is 1450. The Morgan fingerprint density at radius 2 is 1.60 bits per heavy atom. The predicted molar refractivity (Wildman–Crippen MR) is 156 cm³/mol. The summed E-state index contributed by atoms with van der Waals surface area (Å²) in [6, 6.07) is 16.6. The van der Waals surface area contributed by atoms with Crippen LogP contribution in [-0.4, -0.2) is 48.1 Å². The predicted octanol–water partition coefficient (Wildman–Crippen LogP) is 3.36. The zero-order valence-electron chi connectivity index (χ0n) is 24.0. The van der Waals surface area contributed by atoms with Gasteiger partial charge in [0.1, 0.15) is 23.6 Å². The van der Waals surface area contributed by atoms with Gasteiger partial charge in [0.15, 0.2) is 0 Å². The molecule has 4 rings (SSSR count). The van der Waals surface area contributed by atoms with E-state index in [-0.39, 0.29) is 30.4 Å². The lowest BCUT2D eigenvalue weighted by Gasteiger charge is -2.34. The number of methoxy groups -OCH3 is 1. The first-order valence-electron chi connectivity index (χ1n) is 13.7. The maximum absolute atomic E-state index is 13.6. The molecule has 1 aliphatic rings. The van der Waals surface area contributed by atoms with E-state index >= 15 is 0 Å². The number of esters is 1. The number of carbonyl (C=O) groups is 4. The molecule has 0 aromatic heterocycles. The number of amides is 3. The van der Waals surface area contributed by atoms with Gasteiger partial charge in [-0.3, -0.25) is 19.2 Å². The summed E-state index contributed by atoms with van der Waals surface area (Å²) in [6.45, 7) is 5.53. The van der Waals surface area contributed by atoms with Crippen molar-refractivity contribution >= 4 is 29.4 Å². The molecule has 0 unspecified atom stereocenters. The molecule has 0 saturated carbocycles. The van der Waals surface area contributed by atoms with E-state index < -0.39 is 36.0 Å². The summed E-state index contributed by atoms with van der Waals surface area (Å²) in [5, 5.41) is 18.5. The minimum atomic E-state index is -1.43. The number of aromatic hydroxyl groups is 1. The van der Waals surface area contributed by atoms with Crippen molar-refractivity contribution in [2.75, 3.05) is 12.4 Å². The van der Waals surface area contributed by atoms with Crippen LogP contribution in [0.5, 0.6) is 11.5 Å². The first kappa shape index (κ1) is 30.1. The van der Waals surface area contributed by atoms with Crippen molar-refractivity contribution in [1.29, 1.82) is 0 Å². The zero-order chi connectivity index (χ0) is 30.4. The lowest BCUT2D eigenvalue weighted by Crippen LogP contribution is -2.55. The molecule has 3 atom stereocenters. The van der Waals surface area contributed by atoms with Gasteiger partial charge in [-0.1, -0.05) is 55.8 Å². The fourth-order valence-electron chi connectivity index (χ4n) is 4.70. The van der Waals surface area contributed by atoms with Crippen molar-refractivity contribution in [3.05, 3.63) is 89.0 Å². The molecule has 42 heavy (non-hydrogen) atoms. The number of fused-ring (bicyclic) bond motifs is 1. The van der Waals surface area contributed by atoms with Crippen LogP contribution in [-0.2, 0) is 36.8 Å². The van der Waals surface area contributed by atoms with Gasteiger partial charge >= 0.3 is 5.97 Å². The number of hydrogen-bond acceptors (Lipinski definition) is 7. The van der Waals surface area contributed by atoms with Crippen LogP contribution >= 0.6 is 0 Å². The molecular weight excluding hydrogens is 538 g/mol. The molecule has 10 heteroatoms.